The molecule has 0 spiro atoms. The number of nitrogens with one attached hydrogen (secondary N) is 1. The van der Waals surface area contributed by atoms with E-state index in [2.05, 4.69) is 16.6 Å². The third-order valence-electron chi connectivity index (χ3n) is 4.35. The van der Waals surface area contributed by atoms with E-state index in [1.54, 1.807) is 11.4 Å². The summed E-state index contributed by atoms with van der Waals surface area (Å²) in [4.78, 5) is 24.2. The van der Waals surface area contributed by atoms with Gasteiger partial charge >= 0.3 is 0 Å². The van der Waals surface area contributed by atoms with E-state index in [0.717, 1.165) is 25.7 Å². The molecule has 1 aliphatic carbocycles. The minimum atomic E-state index is -0.0767. The van der Waals surface area contributed by atoms with E-state index < -0.39 is 0 Å². The van der Waals surface area contributed by atoms with Gasteiger partial charge in [-0.1, -0.05) is 0 Å². The van der Waals surface area contributed by atoms with Gasteiger partial charge in [0.25, 0.3) is 5.91 Å². The molecule has 1 N–H and O–H groups in total. The van der Waals surface area contributed by atoms with Crippen molar-refractivity contribution in [1.29, 1.82) is 0 Å². The number of hydrogen-bond acceptors (Lipinski definition) is 4. The lowest BCUT2D eigenvalue weighted by atomic mass is 9.91. The van der Waals surface area contributed by atoms with Crippen molar-refractivity contribution < 1.29 is 9.59 Å². The van der Waals surface area contributed by atoms with Crippen molar-refractivity contribution in [2.24, 2.45) is 0 Å². The average molecular weight is 331 g/mol. The fraction of sp³-hybridized carbons (Fsp3) is 0.471. The smallest absolute Gasteiger partial charge is 0.252 e. The van der Waals surface area contributed by atoms with Crippen LogP contribution in [0.2, 0.25) is 0 Å². The Labute approximate surface area is 139 Å². The first-order valence-corrected chi connectivity index (χ1v) is 8.82. The van der Waals surface area contributed by atoms with Crippen molar-refractivity contribution >= 4 is 23.0 Å². The quantitative estimate of drug-likeness (QED) is 0.874. The van der Waals surface area contributed by atoms with Gasteiger partial charge in [-0.2, -0.15) is 5.10 Å². The molecule has 0 aliphatic heterocycles. The van der Waals surface area contributed by atoms with E-state index in [-0.39, 0.29) is 17.7 Å². The molecule has 0 atom stereocenters. The zero-order chi connectivity index (χ0) is 16.4. The molecule has 0 unspecified atom stereocenters. The zero-order valence-electron chi connectivity index (χ0n) is 13.4. The summed E-state index contributed by atoms with van der Waals surface area (Å²) in [5.41, 5.74) is 1.77. The minimum absolute atomic E-state index is 0.00377. The second kappa shape index (κ2) is 6.66. The summed E-state index contributed by atoms with van der Waals surface area (Å²) in [5, 5.41) is 9.24. The van der Waals surface area contributed by atoms with Crippen LogP contribution in [0.3, 0.4) is 0 Å². The molecule has 122 valence electrons. The highest BCUT2D eigenvalue weighted by molar-refractivity contribution is 7.12. The van der Waals surface area contributed by atoms with Crippen LogP contribution in [0.15, 0.2) is 23.8 Å². The predicted molar refractivity (Wildman–Crippen MR) is 90.0 cm³/mol. The highest BCUT2D eigenvalue weighted by atomic mass is 32.1. The number of rotatable bonds is 4. The lowest BCUT2D eigenvalue weighted by Gasteiger charge is -2.29. The number of amides is 1. The van der Waals surface area contributed by atoms with Gasteiger partial charge in [0.15, 0.2) is 5.78 Å². The molecule has 0 saturated heterocycles. The van der Waals surface area contributed by atoms with E-state index in [1.165, 1.54) is 23.8 Å². The third kappa shape index (κ3) is 3.69. The summed E-state index contributed by atoms with van der Waals surface area (Å²) in [5.74, 6) is -0.0730. The molecule has 2 aromatic rings. The van der Waals surface area contributed by atoms with Crippen LogP contribution < -0.4 is 5.32 Å². The van der Waals surface area contributed by atoms with Crippen molar-refractivity contribution in [2.75, 3.05) is 0 Å². The summed E-state index contributed by atoms with van der Waals surface area (Å²) in [6.07, 6.45) is 7.93. The normalized spacial score (nSPS) is 21.1. The van der Waals surface area contributed by atoms with E-state index >= 15 is 0 Å². The highest BCUT2D eigenvalue weighted by Crippen LogP contribution is 2.28. The Bertz CT molecular complexity index is 711. The molecule has 6 heteroatoms. The monoisotopic (exact) mass is 331 g/mol. The summed E-state index contributed by atoms with van der Waals surface area (Å²) in [7, 11) is 0. The van der Waals surface area contributed by atoms with Crippen molar-refractivity contribution in [3.05, 3.63) is 39.8 Å². The maximum atomic E-state index is 12.3. The molecule has 0 aromatic carbocycles. The number of carbonyl (C=O) groups is 2. The highest BCUT2D eigenvalue weighted by Gasteiger charge is 2.24. The van der Waals surface area contributed by atoms with Crippen molar-refractivity contribution in [2.45, 2.75) is 51.6 Å². The summed E-state index contributed by atoms with van der Waals surface area (Å²) >= 11 is 1.33. The van der Waals surface area contributed by atoms with Gasteiger partial charge in [-0.05, 0) is 51.2 Å². The van der Waals surface area contributed by atoms with Crippen LogP contribution in [0.4, 0.5) is 0 Å². The third-order valence-corrected chi connectivity index (χ3v) is 5.38. The van der Waals surface area contributed by atoms with E-state index in [9.17, 15) is 9.59 Å². The molecule has 2 heterocycles. The second-order valence-corrected chi connectivity index (χ2v) is 7.14. The molecule has 1 fully saturated rings. The molecule has 3 rings (SSSR count). The van der Waals surface area contributed by atoms with Crippen molar-refractivity contribution in [3.63, 3.8) is 0 Å². The number of thiophene rings is 1. The lowest BCUT2D eigenvalue weighted by molar-refractivity contribution is 0.0922. The Morgan fingerprint density at radius 2 is 2.04 bits per heavy atom. The van der Waals surface area contributed by atoms with Gasteiger partial charge in [-0.25, -0.2) is 0 Å². The van der Waals surface area contributed by atoms with Crippen LogP contribution in [0.1, 0.15) is 64.2 Å². The largest absolute Gasteiger partial charge is 0.349 e. The zero-order valence-corrected chi connectivity index (χ0v) is 14.2. The van der Waals surface area contributed by atoms with Gasteiger partial charge in [-0.15, -0.1) is 11.3 Å². The molecule has 23 heavy (non-hydrogen) atoms. The topological polar surface area (TPSA) is 64.0 Å². The van der Waals surface area contributed by atoms with Gasteiger partial charge < -0.3 is 5.32 Å². The first-order chi connectivity index (χ1) is 11.0. The second-order valence-electron chi connectivity index (χ2n) is 6.23. The van der Waals surface area contributed by atoms with Gasteiger partial charge in [0.05, 0.1) is 22.7 Å². The lowest BCUT2D eigenvalue weighted by Crippen LogP contribution is -2.37. The number of hydrogen-bond donors (Lipinski definition) is 1. The first kappa shape index (κ1) is 15.9. The fourth-order valence-corrected chi connectivity index (χ4v) is 3.82. The Kier molecular flexibility index (Phi) is 4.61. The number of Topliss-reactive ketones (excluding diaryl/α,β-unsaturated/α-hetero) is 1. The SMILES string of the molecule is CC(=O)c1cc(C(=O)NC2CCC(n3cc(C)cn3)CC2)cs1. The van der Waals surface area contributed by atoms with Crippen LogP contribution in [-0.4, -0.2) is 27.5 Å². The van der Waals surface area contributed by atoms with Crippen LogP contribution >= 0.6 is 11.3 Å². The van der Waals surface area contributed by atoms with Crippen molar-refractivity contribution in [1.82, 2.24) is 15.1 Å². The molecular weight excluding hydrogens is 310 g/mol. The number of carbonyl (C=O) groups excluding carboxylic acids is 2. The fourth-order valence-electron chi connectivity index (χ4n) is 3.03. The Morgan fingerprint density at radius 1 is 1.30 bits per heavy atom. The average Bonchev–Trinajstić information content (AvgIpc) is 3.17. The van der Waals surface area contributed by atoms with Crippen LogP contribution in [0, 0.1) is 6.92 Å². The maximum absolute atomic E-state index is 12.3. The first-order valence-electron chi connectivity index (χ1n) is 7.94. The van der Waals surface area contributed by atoms with E-state index in [0.29, 0.717) is 16.5 Å². The number of ketones is 1. The predicted octanol–water partition coefficient (Wildman–Crippen LogP) is 3.37. The van der Waals surface area contributed by atoms with E-state index in [1.807, 2.05) is 17.8 Å². The maximum Gasteiger partial charge on any atom is 0.252 e. The van der Waals surface area contributed by atoms with Gasteiger partial charge in [0.1, 0.15) is 0 Å². The summed E-state index contributed by atoms with van der Waals surface area (Å²) in [6, 6.07) is 2.32. The van der Waals surface area contributed by atoms with Gasteiger partial charge in [0, 0.05) is 17.6 Å². The van der Waals surface area contributed by atoms with Crippen molar-refractivity contribution in [3.8, 4) is 0 Å². The van der Waals surface area contributed by atoms with Crippen LogP contribution in [-0.2, 0) is 0 Å². The molecule has 1 saturated carbocycles. The number of aryl methyl sites for hydroxylation is 1. The minimum Gasteiger partial charge on any atom is -0.349 e. The summed E-state index contributed by atoms with van der Waals surface area (Å²) < 4.78 is 2.05. The molecule has 0 bridgehead atoms. The van der Waals surface area contributed by atoms with Crippen LogP contribution in [0.25, 0.3) is 0 Å². The van der Waals surface area contributed by atoms with Crippen LogP contribution in [0.5, 0.6) is 0 Å². The number of nitrogens with zero attached hydrogens (tertiary/aromatic N) is 2. The molecular formula is C17H21N3O2S. The molecule has 1 aliphatic rings. The molecule has 5 nitrogen and oxygen atoms in total. The Hall–Kier alpha value is -1.95. The van der Waals surface area contributed by atoms with Gasteiger partial charge in [-0.3, -0.25) is 14.3 Å². The molecule has 2 aromatic heterocycles. The standard InChI is InChI=1S/C17H21N3O2S/c1-11-8-18-20(9-11)15-5-3-14(4-6-15)19-17(22)13-7-16(12(2)21)23-10-13/h7-10,14-15H,3-6H2,1-2H3,(H,19,22). The van der Waals surface area contributed by atoms with Gasteiger partial charge in [0.2, 0.25) is 0 Å². The number of aromatic nitrogens is 2. The molecule has 1 amide bonds. The Balaban J connectivity index is 1.53. The Morgan fingerprint density at radius 3 is 2.61 bits per heavy atom. The molecule has 0 radical (unpaired) electrons. The summed E-state index contributed by atoms with van der Waals surface area (Å²) in [6.45, 7) is 3.57. The van der Waals surface area contributed by atoms with E-state index in [4.69, 9.17) is 0 Å².